The molecule has 1 aliphatic rings. The van der Waals surface area contributed by atoms with Crippen LogP contribution in [0, 0.1) is 32.4 Å². The van der Waals surface area contributed by atoms with E-state index in [1.54, 1.807) is 13.0 Å². The predicted molar refractivity (Wildman–Crippen MR) is 104 cm³/mol. The molecule has 7 heteroatoms. The van der Waals surface area contributed by atoms with Crippen molar-refractivity contribution in [3.8, 4) is 5.69 Å². The molecule has 0 bridgehead atoms. The Labute approximate surface area is 166 Å². The molecule has 0 saturated heterocycles. The molecule has 148 valence electrons. The first-order valence-corrected chi connectivity index (χ1v) is 9.22. The van der Waals surface area contributed by atoms with Crippen molar-refractivity contribution in [3.05, 3.63) is 76.0 Å². The number of Topliss-reactive ketones (excluding diaryl/α,β-unsaturated/α-hetero) is 1. The smallest absolute Gasteiger partial charge is 0.226 e. The first kappa shape index (κ1) is 19.0. The molecule has 4 rings (SSSR count). The van der Waals surface area contributed by atoms with Crippen LogP contribution in [0.5, 0.6) is 0 Å². The van der Waals surface area contributed by atoms with E-state index in [-0.39, 0.29) is 29.6 Å². The Morgan fingerprint density at radius 1 is 1.14 bits per heavy atom. The fourth-order valence-corrected chi connectivity index (χ4v) is 3.88. The first-order chi connectivity index (χ1) is 13.8. The fourth-order valence-electron chi connectivity index (χ4n) is 3.88. The molecule has 0 fully saturated rings. The summed E-state index contributed by atoms with van der Waals surface area (Å²) in [4.78, 5) is 25.7. The van der Waals surface area contributed by atoms with Crippen LogP contribution in [-0.4, -0.2) is 21.5 Å². The van der Waals surface area contributed by atoms with Crippen LogP contribution >= 0.6 is 0 Å². The lowest BCUT2D eigenvalue weighted by Crippen LogP contribution is -2.29. The lowest BCUT2D eigenvalue weighted by molar-refractivity contribution is -0.116. The third-order valence-electron chi connectivity index (χ3n) is 5.20. The Kier molecular flexibility index (Phi) is 4.53. The number of anilines is 1. The summed E-state index contributed by atoms with van der Waals surface area (Å²) >= 11 is 0. The number of ketones is 1. The van der Waals surface area contributed by atoms with E-state index >= 15 is 0 Å². The molecule has 1 unspecified atom stereocenters. The van der Waals surface area contributed by atoms with Crippen LogP contribution in [0.25, 0.3) is 5.69 Å². The van der Waals surface area contributed by atoms with Gasteiger partial charge in [0, 0.05) is 23.6 Å². The minimum Gasteiger partial charge on any atom is -0.310 e. The van der Waals surface area contributed by atoms with Gasteiger partial charge in [-0.25, -0.2) is 13.5 Å². The van der Waals surface area contributed by atoms with Gasteiger partial charge in [0.05, 0.1) is 11.6 Å². The summed E-state index contributed by atoms with van der Waals surface area (Å²) < 4.78 is 28.9. The Morgan fingerprint density at radius 3 is 2.59 bits per heavy atom. The van der Waals surface area contributed by atoms with Crippen LogP contribution in [0.3, 0.4) is 0 Å². The second kappa shape index (κ2) is 6.92. The number of amides is 1. The number of halogens is 2. The van der Waals surface area contributed by atoms with E-state index < -0.39 is 17.6 Å². The fraction of sp³-hybridized carbons (Fsp3) is 0.227. The topological polar surface area (TPSA) is 64.0 Å². The third-order valence-corrected chi connectivity index (χ3v) is 5.20. The number of carbonyl (C=O) groups excluding carboxylic acids is 2. The second-order valence-corrected chi connectivity index (χ2v) is 7.34. The molecule has 0 aliphatic carbocycles. The van der Waals surface area contributed by atoms with Gasteiger partial charge in [-0.2, -0.15) is 5.10 Å². The van der Waals surface area contributed by atoms with Crippen LogP contribution in [0.15, 0.2) is 36.4 Å². The SMILES string of the molecule is Cc1ccc(C(=O)C2CC(=O)Nc3c2c(C)nn3-c2ccc(F)cc2F)c(C)c1. The number of aromatic nitrogens is 2. The van der Waals surface area contributed by atoms with Crippen molar-refractivity contribution in [2.45, 2.75) is 33.1 Å². The van der Waals surface area contributed by atoms with E-state index in [0.29, 0.717) is 16.8 Å². The summed E-state index contributed by atoms with van der Waals surface area (Å²) in [6.07, 6.45) is -0.0163. The molecule has 1 amide bonds. The standard InChI is InChI=1S/C22H19F2N3O2/c1-11-4-6-15(12(2)8-11)21(29)16-10-19(28)25-22-20(16)13(3)26-27(22)18-7-5-14(23)9-17(18)24/h4-9,16H,10H2,1-3H3,(H,25,28). The number of aryl methyl sites for hydroxylation is 3. The van der Waals surface area contributed by atoms with Gasteiger partial charge in [0.25, 0.3) is 0 Å². The maximum Gasteiger partial charge on any atom is 0.226 e. The molecular weight excluding hydrogens is 376 g/mol. The van der Waals surface area contributed by atoms with Gasteiger partial charge >= 0.3 is 0 Å². The molecule has 5 nitrogen and oxygen atoms in total. The van der Waals surface area contributed by atoms with Gasteiger partial charge < -0.3 is 5.32 Å². The highest BCUT2D eigenvalue weighted by Gasteiger charge is 2.37. The lowest BCUT2D eigenvalue weighted by Gasteiger charge is -2.24. The summed E-state index contributed by atoms with van der Waals surface area (Å²) in [5.41, 5.74) is 3.47. The van der Waals surface area contributed by atoms with Crippen molar-refractivity contribution < 1.29 is 18.4 Å². The normalized spacial score (nSPS) is 15.8. The van der Waals surface area contributed by atoms with Gasteiger partial charge in [0.15, 0.2) is 11.6 Å². The zero-order chi connectivity index (χ0) is 20.9. The minimum atomic E-state index is -0.813. The monoisotopic (exact) mass is 395 g/mol. The van der Waals surface area contributed by atoms with Crippen LogP contribution in [-0.2, 0) is 4.79 Å². The maximum atomic E-state index is 14.3. The minimum absolute atomic E-state index is 0.00401. The van der Waals surface area contributed by atoms with Gasteiger partial charge in [-0.05, 0) is 38.5 Å². The van der Waals surface area contributed by atoms with Gasteiger partial charge in [0.2, 0.25) is 5.91 Å². The molecule has 1 N–H and O–H groups in total. The molecule has 3 aromatic rings. The Balaban J connectivity index is 1.85. The molecule has 2 aromatic carbocycles. The highest BCUT2D eigenvalue weighted by atomic mass is 19.1. The van der Waals surface area contributed by atoms with Crippen molar-refractivity contribution >= 4 is 17.5 Å². The molecule has 1 atom stereocenters. The predicted octanol–water partition coefficient (Wildman–Crippen LogP) is 4.38. The van der Waals surface area contributed by atoms with Gasteiger partial charge in [-0.3, -0.25) is 9.59 Å². The molecule has 2 heterocycles. The molecule has 0 spiro atoms. The number of rotatable bonds is 3. The van der Waals surface area contributed by atoms with Crippen LogP contribution in [0.4, 0.5) is 14.6 Å². The number of hydrogen-bond acceptors (Lipinski definition) is 3. The number of benzene rings is 2. The Bertz CT molecular complexity index is 1170. The number of fused-ring (bicyclic) bond motifs is 1. The molecule has 0 saturated carbocycles. The molecular formula is C22H19F2N3O2. The van der Waals surface area contributed by atoms with E-state index in [1.165, 1.54) is 10.7 Å². The van der Waals surface area contributed by atoms with Crippen molar-refractivity contribution in [2.24, 2.45) is 0 Å². The number of carbonyl (C=O) groups is 2. The first-order valence-electron chi connectivity index (χ1n) is 9.22. The summed E-state index contributed by atoms with van der Waals surface area (Å²) in [6.45, 7) is 5.50. The maximum absolute atomic E-state index is 14.3. The number of nitrogens with zero attached hydrogens (tertiary/aromatic N) is 2. The zero-order valence-corrected chi connectivity index (χ0v) is 16.2. The molecule has 29 heavy (non-hydrogen) atoms. The third kappa shape index (κ3) is 3.22. The second-order valence-electron chi connectivity index (χ2n) is 7.34. The van der Waals surface area contributed by atoms with Crippen LogP contribution in [0.1, 0.15) is 45.1 Å². The van der Waals surface area contributed by atoms with E-state index in [9.17, 15) is 18.4 Å². The van der Waals surface area contributed by atoms with E-state index in [1.807, 2.05) is 26.0 Å². The molecule has 1 aliphatic heterocycles. The van der Waals surface area contributed by atoms with E-state index in [2.05, 4.69) is 10.4 Å². The average Bonchev–Trinajstić information content (AvgIpc) is 2.97. The van der Waals surface area contributed by atoms with Gasteiger partial charge in [0.1, 0.15) is 17.3 Å². The largest absolute Gasteiger partial charge is 0.310 e. The number of hydrogen-bond donors (Lipinski definition) is 1. The highest BCUT2D eigenvalue weighted by molar-refractivity contribution is 6.08. The van der Waals surface area contributed by atoms with E-state index in [4.69, 9.17) is 0 Å². The summed E-state index contributed by atoms with van der Waals surface area (Å²) in [6, 6.07) is 8.65. The van der Waals surface area contributed by atoms with Crippen LogP contribution in [0.2, 0.25) is 0 Å². The Hall–Kier alpha value is -3.35. The molecule has 1 aromatic heterocycles. The zero-order valence-electron chi connectivity index (χ0n) is 16.2. The summed E-state index contributed by atoms with van der Waals surface area (Å²) in [7, 11) is 0. The van der Waals surface area contributed by atoms with Gasteiger partial charge in [-0.1, -0.05) is 23.8 Å². The van der Waals surface area contributed by atoms with Gasteiger partial charge in [-0.15, -0.1) is 0 Å². The lowest BCUT2D eigenvalue weighted by atomic mass is 9.84. The van der Waals surface area contributed by atoms with Crippen molar-refractivity contribution in [3.63, 3.8) is 0 Å². The summed E-state index contributed by atoms with van der Waals surface area (Å²) in [5, 5.41) is 7.04. The number of nitrogens with one attached hydrogen (secondary N) is 1. The quantitative estimate of drug-likeness (QED) is 0.669. The highest BCUT2D eigenvalue weighted by Crippen LogP contribution is 2.39. The van der Waals surface area contributed by atoms with E-state index in [0.717, 1.165) is 23.3 Å². The molecule has 0 radical (unpaired) electrons. The van der Waals surface area contributed by atoms with Crippen molar-refractivity contribution in [1.29, 1.82) is 0 Å². The average molecular weight is 395 g/mol. The summed E-state index contributed by atoms with van der Waals surface area (Å²) in [5.74, 6) is -2.54. The van der Waals surface area contributed by atoms with Crippen molar-refractivity contribution in [1.82, 2.24) is 9.78 Å². The van der Waals surface area contributed by atoms with Crippen molar-refractivity contribution in [2.75, 3.05) is 5.32 Å². The Morgan fingerprint density at radius 2 is 1.90 bits per heavy atom. The van der Waals surface area contributed by atoms with Crippen LogP contribution < -0.4 is 5.32 Å².